The molecule has 1 nitrogen and oxygen atoms in total. The highest BCUT2D eigenvalue weighted by Gasteiger charge is 2.22. The minimum absolute atomic E-state index is 1.10. The van der Waals surface area contributed by atoms with Crippen LogP contribution in [-0.4, -0.2) is 0 Å². The minimum atomic E-state index is 1.10. The van der Waals surface area contributed by atoms with E-state index < -0.39 is 0 Å². The molecular weight excluding hydrogens is 711 g/mol. The summed E-state index contributed by atoms with van der Waals surface area (Å²) in [6, 6.07) is 86.2. The van der Waals surface area contributed by atoms with Crippen LogP contribution in [0, 0.1) is 0 Å². The number of anilines is 3. The van der Waals surface area contributed by atoms with Crippen LogP contribution in [0.4, 0.5) is 17.1 Å². The molecule has 1 heteroatoms. The lowest BCUT2D eigenvalue weighted by Crippen LogP contribution is -2.10. The van der Waals surface area contributed by atoms with Gasteiger partial charge in [0.25, 0.3) is 0 Å². The number of rotatable bonds is 7. The number of fused-ring (bicyclic) bond motifs is 4. The standard InChI is InChI=1S/C58H39N/c1-6-20-40(21-7-1)55-47-30-16-18-32-49(47)57(42-24-10-3-11-25-42)53-38-45(34-36-51(53)55)59(44-28-14-5-15-29-44)46-35-37-52-54(39-46)58(43-26-12-4-13-27-43)50-33-19-17-31-48(50)56(52)41-22-8-2-9-23-41/h1-39H. The van der Waals surface area contributed by atoms with Gasteiger partial charge < -0.3 is 4.90 Å². The van der Waals surface area contributed by atoms with Crippen molar-refractivity contribution in [2.75, 3.05) is 4.90 Å². The first-order valence-electron chi connectivity index (χ1n) is 20.4. The number of benzene rings is 11. The van der Waals surface area contributed by atoms with E-state index in [2.05, 4.69) is 241 Å². The molecule has 0 heterocycles. The SMILES string of the molecule is c1ccc(-c2c3ccccc3c(-c3ccccc3)c3cc(N(c4ccccc4)c4ccc5c(-c6ccccc6)c6ccccc6c(-c6ccccc6)c5c4)ccc23)cc1. The third kappa shape index (κ3) is 5.95. The predicted octanol–water partition coefficient (Wildman–Crippen LogP) is 16.4. The first-order valence-corrected chi connectivity index (χ1v) is 20.4. The maximum Gasteiger partial charge on any atom is 0.0468 e. The quantitative estimate of drug-likeness (QED) is 0.147. The summed E-state index contributed by atoms with van der Waals surface area (Å²) in [5, 5.41) is 9.89. The lowest BCUT2D eigenvalue weighted by Gasteiger charge is -2.28. The van der Waals surface area contributed by atoms with Crippen LogP contribution in [0.1, 0.15) is 0 Å². The van der Waals surface area contributed by atoms with Crippen molar-refractivity contribution in [3.8, 4) is 44.5 Å². The van der Waals surface area contributed by atoms with Gasteiger partial charge in [-0.3, -0.25) is 0 Å². The molecule has 0 N–H and O–H groups in total. The Hall–Kier alpha value is -7.74. The summed E-state index contributed by atoms with van der Waals surface area (Å²) in [5.41, 5.74) is 13.1. The van der Waals surface area contributed by atoms with Gasteiger partial charge in [0.15, 0.2) is 0 Å². The molecule has 0 aromatic heterocycles. The fourth-order valence-corrected chi connectivity index (χ4v) is 9.30. The summed E-state index contributed by atoms with van der Waals surface area (Å²) in [5.74, 6) is 0. The van der Waals surface area contributed by atoms with Gasteiger partial charge in [-0.15, -0.1) is 0 Å². The lowest BCUT2D eigenvalue weighted by atomic mass is 9.85. The first-order chi connectivity index (χ1) is 29.3. The molecule has 0 atom stereocenters. The van der Waals surface area contributed by atoms with Gasteiger partial charge in [0.05, 0.1) is 0 Å². The molecule has 0 aliphatic heterocycles. The summed E-state index contributed by atoms with van der Waals surface area (Å²) in [6.07, 6.45) is 0. The zero-order valence-corrected chi connectivity index (χ0v) is 32.5. The molecule has 11 aromatic carbocycles. The molecule has 11 rings (SSSR count). The molecule has 0 fully saturated rings. The van der Waals surface area contributed by atoms with E-state index in [0.29, 0.717) is 0 Å². The van der Waals surface area contributed by atoms with Gasteiger partial charge in [-0.05, 0) is 124 Å². The Morgan fingerprint density at radius 1 is 0.186 bits per heavy atom. The molecule has 0 unspecified atom stereocenters. The molecule has 0 amide bonds. The first kappa shape index (κ1) is 34.5. The highest BCUT2D eigenvalue weighted by molar-refractivity contribution is 6.23. The van der Waals surface area contributed by atoms with E-state index in [1.807, 2.05) is 0 Å². The largest absolute Gasteiger partial charge is 0.310 e. The molecule has 59 heavy (non-hydrogen) atoms. The summed E-state index contributed by atoms with van der Waals surface area (Å²) < 4.78 is 0. The molecule has 11 aromatic rings. The van der Waals surface area contributed by atoms with Gasteiger partial charge in [0.2, 0.25) is 0 Å². The number of nitrogens with zero attached hydrogens (tertiary/aromatic N) is 1. The van der Waals surface area contributed by atoms with Crippen LogP contribution in [0.2, 0.25) is 0 Å². The number of hydrogen-bond donors (Lipinski definition) is 0. The van der Waals surface area contributed by atoms with Gasteiger partial charge >= 0.3 is 0 Å². The molecule has 0 saturated heterocycles. The molecule has 0 bridgehead atoms. The van der Waals surface area contributed by atoms with Crippen molar-refractivity contribution in [2.24, 2.45) is 0 Å². The molecule has 0 saturated carbocycles. The van der Waals surface area contributed by atoms with E-state index in [1.165, 1.54) is 87.6 Å². The van der Waals surface area contributed by atoms with Gasteiger partial charge in [-0.2, -0.15) is 0 Å². The highest BCUT2D eigenvalue weighted by atomic mass is 15.1. The van der Waals surface area contributed by atoms with E-state index in [4.69, 9.17) is 0 Å². The van der Waals surface area contributed by atoms with Gasteiger partial charge in [-0.25, -0.2) is 0 Å². The van der Waals surface area contributed by atoms with Gasteiger partial charge in [-0.1, -0.05) is 200 Å². The van der Waals surface area contributed by atoms with Crippen molar-refractivity contribution in [3.63, 3.8) is 0 Å². The fourth-order valence-electron chi connectivity index (χ4n) is 9.30. The third-order valence-corrected chi connectivity index (χ3v) is 11.8. The summed E-state index contributed by atoms with van der Waals surface area (Å²) in [7, 11) is 0. The molecule has 0 aliphatic carbocycles. The van der Waals surface area contributed by atoms with Crippen LogP contribution in [0.15, 0.2) is 237 Å². The van der Waals surface area contributed by atoms with Crippen molar-refractivity contribution in [2.45, 2.75) is 0 Å². The van der Waals surface area contributed by atoms with Gasteiger partial charge in [0.1, 0.15) is 0 Å². The van der Waals surface area contributed by atoms with Crippen molar-refractivity contribution in [1.82, 2.24) is 0 Å². The molecule has 0 radical (unpaired) electrons. The van der Waals surface area contributed by atoms with Gasteiger partial charge in [0, 0.05) is 17.1 Å². The average molecular weight is 750 g/mol. The van der Waals surface area contributed by atoms with Crippen molar-refractivity contribution < 1.29 is 0 Å². The summed E-state index contributed by atoms with van der Waals surface area (Å²) >= 11 is 0. The van der Waals surface area contributed by atoms with Crippen molar-refractivity contribution in [1.29, 1.82) is 0 Å². The monoisotopic (exact) mass is 749 g/mol. The topological polar surface area (TPSA) is 3.24 Å². The Bertz CT molecular complexity index is 3080. The second-order valence-corrected chi connectivity index (χ2v) is 15.2. The maximum absolute atomic E-state index is 2.43. The summed E-state index contributed by atoms with van der Waals surface area (Å²) in [4.78, 5) is 2.43. The predicted molar refractivity (Wildman–Crippen MR) is 253 cm³/mol. The third-order valence-electron chi connectivity index (χ3n) is 11.8. The van der Waals surface area contributed by atoms with Crippen LogP contribution in [0.25, 0.3) is 87.6 Å². The molecule has 0 aliphatic rings. The normalized spacial score (nSPS) is 11.4. The smallest absolute Gasteiger partial charge is 0.0468 e. The lowest BCUT2D eigenvalue weighted by molar-refractivity contribution is 1.29. The zero-order chi connectivity index (χ0) is 39.1. The van der Waals surface area contributed by atoms with Crippen molar-refractivity contribution in [3.05, 3.63) is 237 Å². The molecular formula is C58H39N. The maximum atomic E-state index is 2.43. The van der Waals surface area contributed by atoms with Crippen molar-refractivity contribution >= 4 is 60.2 Å². The van der Waals surface area contributed by atoms with E-state index in [9.17, 15) is 0 Å². The van der Waals surface area contributed by atoms with Crippen LogP contribution < -0.4 is 4.90 Å². The second-order valence-electron chi connectivity index (χ2n) is 15.2. The van der Waals surface area contributed by atoms with Crippen LogP contribution in [0.3, 0.4) is 0 Å². The van der Waals surface area contributed by atoms with E-state index in [-0.39, 0.29) is 0 Å². The van der Waals surface area contributed by atoms with E-state index in [0.717, 1.165) is 17.1 Å². The van der Waals surface area contributed by atoms with E-state index >= 15 is 0 Å². The van der Waals surface area contributed by atoms with Crippen LogP contribution in [-0.2, 0) is 0 Å². The van der Waals surface area contributed by atoms with E-state index in [1.54, 1.807) is 0 Å². The average Bonchev–Trinajstić information content (AvgIpc) is 3.31. The fraction of sp³-hybridized carbons (Fsp3) is 0. The van der Waals surface area contributed by atoms with Crippen LogP contribution in [0.5, 0.6) is 0 Å². The number of hydrogen-bond acceptors (Lipinski definition) is 1. The summed E-state index contributed by atoms with van der Waals surface area (Å²) in [6.45, 7) is 0. The minimum Gasteiger partial charge on any atom is -0.310 e. The molecule has 0 spiro atoms. The Labute approximate surface area is 344 Å². The zero-order valence-electron chi connectivity index (χ0n) is 32.5. The Morgan fingerprint density at radius 2 is 0.441 bits per heavy atom. The Balaban J connectivity index is 1.23. The second kappa shape index (κ2) is 14.6. The Kier molecular flexibility index (Phi) is 8.56. The Morgan fingerprint density at radius 3 is 0.763 bits per heavy atom. The van der Waals surface area contributed by atoms with Crippen LogP contribution >= 0.6 is 0 Å². The number of para-hydroxylation sites is 1. The highest BCUT2D eigenvalue weighted by Crippen LogP contribution is 2.49. The molecule has 276 valence electrons.